The fraction of sp³-hybridized carbons (Fsp3) is 0.588. The van der Waals surface area contributed by atoms with E-state index in [1.165, 1.54) is 18.4 Å². The van der Waals surface area contributed by atoms with Crippen LogP contribution in [0.5, 0.6) is 0 Å². The molecule has 0 spiro atoms. The molecular weight excluding hydrogens is 262 g/mol. The molecular formula is C17H25N3O. The molecule has 2 unspecified atom stereocenters. The van der Waals surface area contributed by atoms with Gasteiger partial charge >= 0.3 is 0 Å². The Morgan fingerprint density at radius 1 is 1.14 bits per heavy atom. The van der Waals surface area contributed by atoms with Crippen molar-refractivity contribution in [1.82, 2.24) is 10.2 Å². The van der Waals surface area contributed by atoms with Gasteiger partial charge in [0, 0.05) is 11.7 Å². The van der Waals surface area contributed by atoms with E-state index in [-0.39, 0.29) is 11.9 Å². The highest BCUT2D eigenvalue weighted by Gasteiger charge is 2.30. The minimum atomic E-state index is -0.0134. The third-order valence-corrected chi connectivity index (χ3v) is 4.88. The number of hydrogen-bond acceptors (Lipinski definition) is 3. The minimum absolute atomic E-state index is 0.0134. The van der Waals surface area contributed by atoms with Gasteiger partial charge in [-0.2, -0.15) is 0 Å². The number of fused-ring (bicyclic) bond motifs is 1. The second kappa shape index (κ2) is 6.58. The maximum Gasteiger partial charge on any atom is 0.241 e. The van der Waals surface area contributed by atoms with E-state index >= 15 is 0 Å². The van der Waals surface area contributed by atoms with Crippen molar-refractivity contribution in [1.29, 1.82) is 0 Å². The molecule has 21 heavy (non-hydrogen) atoms. The number of amides is 1. The number of aryl methyl sites for hydroxylation is 1. The summed E-state index contributed by atoms with van der Waals surface area (Å²) in [7, 11) is 2.12. The molecule has 1 saturated heterocycles. The van der Waals surface area contributed by atoms with Crippen LogP contribution in [0, 0.1) is 0 Å². The van der Waals surface area contributed by atoms with Gasteiger partial charge in [-0.3, -0.25) is 9.69 Å². The zero-order chi connectivity index (χ0) is 14.7. The van der Waals surface area contributed by atoms with Crippen LogP contribution in [0.2, 0.25) is 0 Å². The Hall–Kier alpha value is -1.39. The van der Waals surface area contributed by atoms with Crippen LogP contribution in [0.1, 0.15) is 31.2 Å². The van der Waals surface area contributed by atoms with E-state index in [2.05, 4.69) is 28.6 Å². The molecule has 2 aliphatic heterocycles. The second-order valence-electron chi connectivity index (χ2n) is 6.20. The summed E-state index contributed by atoms with van der Waals surface area (Å²) in [5, 5.41) is 6.56. The molecule has 2 atom stereocenters. The molecule has 4 nitrogen and oxygen atoms in total. The SMILES string of the molecule is CN(C1CCCNCC1)C1CCc2ccccc2NC1=O. The molecule has 0 radical (unpaired) electrons. The van der Waals surface area contributed by atoms with Gasteiger partial charge in [0.2, 0.25) is 5.91 Å². The van der Waals surface area contributed by atoms with Gasteiger partial charge in [0.05, 0.1) is 6.04 Å². The first kappa shape index (κ1) is 14.5. The summed E-state index contributed by atoms with van der Waals surface area (Å²) < 4.78 is 0. The predicted molar refractivity (Wildman–Crippen MR) is 85.5 cm³/mol. The highest BCUT2D eigenvalue weighted by Crippen LogP contribution is 2.25. The molecule has 3 rings (SSSR count). The summed E-state index contributed by atoms with van der Waals surface area (Å²) in [6.45, 7) is 2.16. The third kappa shape index (κ3) is 3.27. The average Bonchev–Trinajstić information content (AvgIpc) is 2.85. The van der Waals surface area contributed by atoms with Crippen LogP contribution >= 0.6 is 0 Å². The van der Waals surface area contributed by atoms with Gasteiger partial charge in [-0.1, -0.05) is 18.2 Å². The van der Waals surface area contributed by atoms with Crippen molar-refractivity contribution in [2.75, 3.05) is 25.5 Å². The third-order valence-electron chi connectivity index (χ3n) is 4.88. The normalized spacial score (nSPS) is 26.7. The van der Waals surface area contributed by atoms with Crippen molar-refractivity contribution in [2.24, 2.45) is 0 Å². The summed E-state index contributed by atoms with van der Waals surface area (Å²) in [4.78, 5) is 14.9. The maximum atomic E-state index is 12.6. The molecule has 1 aromatic carbocycles. The van der Waals surface area contributed by atoms with Gasteiger partial charge < -0.3 is 10.6 Å². The summed E-state index contributed by atoms with van der Waals surface area (Å²) in [6.07, 6.45) is 5.38. The van der Waals surface area contributed by atoms with Crippen molar-refractivity contribution in [2.45, 2.75) is 44.2 Å². The lowest BCUT2D eigenvalue weighted by molar-refractivity contribution is -0.121. The molecule has 2 aliphatic rings. The number of nitrogens with zero attached hydrogens (tertiary/aromatic N) is 1. The molecule has 114 valence electrons. The van der Waals surface area contributed by atoms with Crippen molar-refractivity contribution in [3.63, 3.8) is 0 Å². The van der Waals surface area contributed by atoms with Crippen LogP contribution in [0.25, 0.3) is 0 Å². The molecule has 2 heterocycles. The first-order valence-corrected chi connectivity index (χ1v) is 8.07. The number of hydrogen-bond donors (Lipinski definition) is 2. The number of rotatable bonds is 2. The van der Waals surface area contributed by atoms with Crippen LogP contribution in [0.3, 0.4) is 0 Å². The molecule has 0 aromatic heterocycles. The van der Waals surface area contributed by atoms with Crippen molar-refractivity contribution in [3.8, 4) is 0 Å². The fourth-order valence-electron chi connectivity index (χ4n) is 3.55. The highest BCUT2D eigenvalue weighted by molar-refractivity contribution is 5.96. The Balaban J connectivity index is 1.72. The topological polar surface area (TPSA) is 44.4 Å². The number of carbonyl (C=O) groups is 1. The van der Waals surface area contributed by atoms with Gasteiger partial charge in [-0.05, 0) is 63.9 Å². The van der Waals surface area contributed by atoms with E-state index in [0.29, 0.717) is 6.04 Å². The molecule has 1 fully saturated rings. The van der Waals surface area contributed by atoms with E-state index < -0.39 is 0 Å². The molecule has 0 aliphatic carbocycles. The average molecular weight is 287 g/mol. The van der Waals surface area contributed by atoms with E-state index in [1.807, 2.05) is 18.2 Å². The van der Waals surface area contributed by atoms with Gasteiger partial charge in [-0.25, -0.2) is 0 Å². The van der Waals surface area contributed by atoms with Crippen molar-refractivity contribution < 1.29 is 4.79 Å². The number of benzene rings is 1. The Morgan fingerprint density at radius 2 is 2.00 bits per heavy atom. The fourth-order valence-corrected chi connectivity index (χ4v) is 3.55. The van der Waals surface area contributed by atoms with Crippen LogP contribution < -0.4 is 10.6 Å². The van der Waals surface area contributed by atoms with Gasteiger partial charge in [0.25, 0.3) is 0 Å². The van der Waals surface area contributed by atoms with Gasteiger partial charge in [0.15, 0.2) is 0 Å². The minimum Gasteiger partial charge on any atom is -0.324 e. The molecule has 4 heteroatoms. The summed E-state index contributed by atoms with van der Waals surface area (Å²) in [5.41, 5.74) is 2.24. The smallest absolute Gasteiger partial charge is 0.241 e. The van der Waals surface area contributed by atoms with Gasteiger partial charge in [0.1, 0.15) is 0 Å². The number of carbonyl (C=O) groups excluding carboxylic acids is 1. The van der Waals surface area contributed by atoms with Crippen LogP contribution in [-0.2, 0) is 11.2 Å². The first-order valence-electron chi connectivity index (χ1n) is 8.07. The van der Waals surface area contributed by atoms with E-state index in [9.17, 15) is 4.79 Å². The van der Waals surface area contributed by atoms with Crippen LogP contribution in [0.15, 0.2) is 24.3 Å². The number of nitrogens with one attached hydrogen (secondary N) is 2. The number of anilines is 1. The molecule has 2 N–H and O–H groups in total. The largest absolute Gasteiger partial charge is 0.324 e. The first-order chi connectivity index (χ1) is 10.3. The zero-order valence-corrected chi connectivity index (χ0v) is 12.8. The maximum absolute atomic E-state index is 12.6. The van der Waals surface area contributed by atoms with E-state index in [4.69, 9.17) is 0 Å². The Bertz CT molecular complexity index is 495. The quantitative estimate of drug-likeness (QED) is 0.874. The van der Waals surface area contributed by atoms with Crippen molar-refractivity contribution >= 4 is 11.6 Å². The predicted octanol–water partition coefficient (Wildman–Crippen LogP) is 2.01. The summed E-state index contributed by atoms with van der Waals surface area (Å²) in [6, 6.07) is 8.66. The monoisotopic (exact) mass is 287 g/mol. The lowest BCUT2D eigenvalue weighted by Gasteiger charge is -2.33. The molecule has 0 saturated carbocycles. The molecule has 1 amide bonds. The zero-order valence-electron chi connectivity index (χ0n) is 12.8. The van der Waals surface area contributed by atoms with E-state index in [1.54, 1.807) is 0 Å². The lowest BCUT2D eigenvalue weighted by Crippen LogP contribution is -2.47. The number of likely N-dealkylation sites (N-methyl/N-ethyl adjacent to an activating group) is 1. The van der Waals surface area contributed by atoms with Crippen molar-refractivity contribution in [3.05, 3.63) is 29.8 Å². The Kier molecular flexibility index (Phi) is 4.56. The number of para-hydroxylation sites is 1. The van der Waals surface area contributed by atoms with Gasteiger partial charge in [-0.15, -0.1) is 0 Å². The summed E-state index contributed by atoms with van der Waals surface area (Å²) >= 11 is 0. The standard InChI is InChI=1S/C17H25N3O/c1-20(14-6-4-11-18-12-10-14)16-9-8-13-5-2-3-7-15(13)19-17(16)21/h2-3,5,7,14,16,18H,4,6,8-12H2,1H3,(H,19,21). The Labute approximate surface area is 126 Å². The van der Waals surface area contributed by atoms with Crippen LogP contribution in [-0.4, -0.2) is 43.0 Å². The van der Waals surface area contributed by atoms with E-state index in [0.717, 1.165) is 38.0 Å². The lowest BCUT2D eigenvalue weighted by atomic mass is 10.0. The van der Waals surface area contributed by atoms with Crippen LogP contribution in [0.4, 0.5) is 5.69 Å². The Morgan fingerprint density at radius 3 is 2.90 bits per heavy atom. The molecule has 0 bridgehead atoms. The summed E-state index contributed by atoms with van der Waals surface area (Å²) in [5.74, 6) is 0.152. The second-order valence-corrected chi connectivity index (χ2v) is 6.20. The highest BCUT2D eigenvalue weighted by atomic mass is 16.2. The molecule has 1 aromatic rings.